The van der Waals surface area contributed by atoms with Gasteiger partial charge in [-0.25, -0.2) is 0 Å². The molecule has 0 bridgehead atoms. The van der Waals surface area contributed by atoms with Crippen molar-refractivity contribution in [3.8, 4) is 0 Å². The number of nitrogens with one attached hydrogen (secondary N) is 1. The number of aromatic nitrogens is 1. The topological polar surface area (TPSA) is 42.0 Å². The first-order chi connectivity index (χ1) is 9.11. The number of amides is 1. The molecular formula is C15H17ClN2O. The smallest absolute Gasteiger partial charge is 0.251 e. The summed E-state index contributed by atoms with van der Waals surface area (Å²) in [5, 5.41) is 3.93. The standard InChI is InChI=1S/C15H17ClN2O/c1-10(9-16)11(2)18-15(19)13-5-6-14-12(8-13)4-3-7-17-14/h3-8,10-11H,9H2,1-2H3,(H,18,19). The first-order valence-electron chi connectivity index (χ1n) is 6.33. The van der Waals surface area contributed by atoms with Crippen molar-refractivity contribution >= 4 is 28.4 Å². The van der Waals surface area contributed by atoms with Crippen molar-refractivity contribution in [2.24, 2.45) is 5.92 Å². The van der Waals surface area contributed by atoms with Crippen LogP contribution in [0.15, 0.2) is 36.5 Å². The van der Waals surface area contributed by atoms with Gasteiger partial charge >= 0.3 is 0 Å². The molecule has 100 valence electrons. The van der Waals surface area contributed by atoms with Gasteiger partial charge in [-0.05, 0) is 37.1 Å². The molecule has 0 radical (unpaired) electrons. The lowest BCUT2D eigenvalue weighted by molar-refractivity contribution is 0.0931. The number of carbonyl (C=O) groups excluding carboxylic acids is 1. The van der Waals surface area contributed by atoms with Gasteiger partial charge < -0.3 is 5.32 Å². The molecule has 0 aliphatic rings. The number of carbonyl (C=O) groups is 1. The highest BCUT2D eigenvalue weighted by Gasteiger charge is 2.15. The lowest BCUT2D eigenvalue weighted by Crippen LogP contribution is -2.37. The van der Waals surface area contributed by atoms with Crippen LogP contribution in [0.25, 0.3) is 10.9 Å². The Balaban J connectivity index is 2.17. The molecule has 1 aromatic carbocycles. The molecule has 19 heavy (non-hydrogen) atoms. The number of nitrogens with zero attached hydrogens (tertiary/aromatic N) is 1. The zero-order chi connectivity index (χ0) is 13.8. The van der Waals surface area contributed by atoms with Crippen molar-refractivity contribution in [1.82, 2.24) is 10.3 Å². The monoisotopic (exact) mass is 276 g/mol. The fraction of sp³-hybridized carbons (Fsp3) is 0.333. The molecule has 2 unspecified atom stereocenters. The molecule has 2 rings (SSSR count). The van der Waals surface area contributed by atoms with Crippen molar-refractivity contribution in [2.75, 3.05) is 5.88 Å². The Kier molecular flexibility index (Phi) is 4.38. The van der Waals surface area contributed by atoms with Gasteiger partial charge in [0.1, 0.15) is 0 Å². The lowest BCUT2D eigenvalue weighted by atomic mass is 10.1. The predicted octanol–water partition coefficient (Wildman–Crippen LogP) is 3.23. The fourth-order valence-corrected chi connectivity index (χ4v) is 2.05. The van der Waals surface area contributed by atoms with Gasteiger partial charge in [0.2, 0.25) is 0 Å². The summed E-state index contributed by atoms with van der Waals surface area (Å²) in [5.41, 5.74) is 1.54. The van der Waals surface area contributed by atoms with Gasteiger partial charge in [0.15, 0.2) is 0 Å². The third-order valence-corrected chi connectivity index (χ3v) is 3.81. The van der Waals surface area contributed by atoms with Crippen LogP contribution in [-0.2, 0) is 0 Å². The third-order valence-electron chi connectivity index (χ3n) is 3.32. The van der Waals surface area contributed by atoms with E-state index in [0.29, 0.717) is 11.4 Å². The molecule has 0 fully saturated rings. The summed E-state index contributed by atoms with van der Waals surface area (Å²) in [5.74, 6) is 0.700. The summed E-state index contributed by atoms with van der Waals surface area (Å²) >= 11 is 5.79. The van der Waals surface area contributed by atoms with Crippen LogP contribution >= 0.6 is 11.6 Å². The Morgan fingerprint density at radius 2 is 2.16 bits per heavy atom. The van der Waals surface area contributed by atoms with Crippen LogP contribution < -0.4 is 5.32 Å². The van der Waals surface area contributed by atoms with Gasteiger partial charge in [0.25, 0.3) is 5.91 Å². The molecule has 3 nitrogen and oxygen atoms in total. The number of rotatable bonds is 4. The average Bonchev–Trinajstić information content (AvgIpc) is 2.45. The molecule has 1 N–H and O–H groups in total. The molecule has 0 saturated carbocycles. The van der Waals surface area contributed by atoms with Crippen molar-refractivity contribution < 1.29 is 4.79 Å². The van der Waals surface area contributed by atoms with Crippen molar-refractivity contribution in [2.45, 2.75) is 19.9 Å². The first kappa shape index (κ1) is 13.8. The molecule has 1 heterocycles. The maximum Gasteiger partial charge on any atom is 0.251 e. The molecule has 0 aliphatic carbocycles. The molecule has 0 aliphatic heterocycles. The SMILES string of the molecule is CC(CCl)C(C)NC(=O)c1ccc2ncccc2c1. The summed E-state index contributed by atoms with van der Waals surface area (Å²) in [6.45, 7) is 3.98. The van der Waals surface area contributed by atoms with Gasteiger partial charge in [-0.15, -0.1) is 11.6 Å². The van der Waals surface area contributed by atoms with Crippen LogP contribution in [0.5, 0.6) is 0 Å². The number of pyridine rings is 1. The summed E-state index contributed by atoms with van der Waals surface area (Å²) in [6.07, 6.45) is 1.74. The molecular weight excluding hydrogens is 260 g/mol. The highest BCUT2D eigenvalue weighted by atomic mass is 35.5. The fourth-order valence-electron chi connectivity index (χ4n) is 1.78. The van der Waals surface area contributed by atoms with Crippen LogP contribution in [0.1, 0.15) is 24.2 Å². The minimum Gasteiger partial charge on any atom is -0.349 e. The van der Waals surface area contributed by atoms with E-state index in [1.165, 1.54) is 0 Å². The van der Waals surface area contributed by atoms with E-state index in [2.05, 4.69) is 10.3 Å². The Bertz CT molecular complexity index is 585. The largest absolute Gasteiger partial charge is 0.349 e. The second kappa shape index (κ2) is 6.02. The van der Waals surface area contributed by atoms with Crippen LogP contribution in [0.2, 0.25) is 0 Å². The Labute approximate surface area is 118 Å². The quantitative estimate of drug-likeness (QED) is 0.871. The number of fused-ring (bicyclic) bond motifs is 1. The Morgan fingerprint density at radius 1 is 1.37 bits per heavy atom. The summed E-state index contributed by atoms with van der Waals surface area (Å²) < 4.78 is 0. The number of hydrogen-bond acceptors (Lipinski definition) is 2. The van der Waals surface area contributed by atoms with Gasteiger partial charge in [-0.1, -0.05) is 13.0 Å². The van der Waals surface area contributed by atoms with E-state index in [-0.39, 0.29) is 17.9 Å². The van der Waals surface area contributed by atoms with E-state index in [1.54, 1.807) is 12.3 Å². The highest BCUT2D eigenvalue weighted by Crippen LogP contribution is 2.14. The number of benzene rings is 1. The minimum absolute atomic E-state index is 0.0506. The third kappa shape index (κ3) is 3.24. The Hall–Kier alpha value is -1.61. The molecule has 0 saturated heterocycles. The lowest BCUT2D eigenvalue weighted by Gasteiger charge is -2.19. The molecule has 4 heteroatoms. The van der Waals surface area contributed by atoms with Crippen LogP contribution in [0.4, 0.5) is 0 Å². The van der Waals surface area contributed by atoms with Gasteiger partial charge in [-0.3, -0.25) is 9.78 Å². The van der Waals surface area contributed by atoms with E-state index < -0.39 is 0 Å². The zero-order valence-electron chi connectivity index (χ0n) is 11.1. The Morgan fingerprint density at radius 3 is 2.89 bits per heavy atom. The van der Waals surface area contributed by atoms with Crippen LogP contribution in [0, 0.1) is 5.92 Å². The van der Waals surface area contributed by atoms with Crippen molar-refractivity contribution in [3.63, 3.8) is 0 Å². The molecule has 2 aromatic rings. The number of halogens is 1. The zero-order valence-corrected chi connectivity index (χ0v) is 11.8. The van der Waals surface area contributed by atoms with Crippen molar-refractivity contribution in [1.29, 1.82) is 0 Å². The second-order valence-electron chi connectivity index (χ2n) is 4.80. The van der Waals surface area contributed by atoms with Gasteiger partial charge in [0.05, 0.1) is 5.52 Å². The molecule has 0 spiro atoms. The summed E-state index contributed by atoms with van der Waals surface area (Å²) in [7, 11) is 0. The van der Waals surface area contributed by atoms with Gasteiger partial charge in [0, 0.05) is 29.1 Å². The normalized spacial score (nSPS) is 14.1. The van der Waals surface area contributed by atoms with E-state index in [1.807, 2.05) is 38.1 Å². The average molecular weight is 277 g/mol. The van der Waals surface area contributed by atoms with E-state index in [4.69, 9.17) is 11.6 Å². The predicted molar refractivity (Wildman–Crippen MR) is 78.6 cm³/mol. The van der Waals surface area contributed by atoms with E-state index >= 15 is 0 Å². The molecule has 1 amide bonds. The van der Waals surface area contributed by atoms with Crippen molar-refractivity contribution in [3.05, 3.63) is 42.1 Å². The molecule has 1 aromatic heterocycles. The van der Waals surface area contributed by atoms with Gasteiger partial charge in [-0.2, -0.15) is 0 Å². The number of alkyl halides is 1. The van der Waals surface area contributed by atoms with E-state index in [0.717, 1.165) is 10.9 Å². The first-order valence-corrected chi connectivity index (χ1v) is 6.87. The second-order valence-corrected chi connectivity index (χ2v) is 5.11. The summed E-state index contributed by atoms with van der Waals surface area (Å²) in [4.78, 5) is 16.4. The summed E-state index contributed by atoms with van der Waals surface area (Å²) in [6, 6.07) is 9.37. The van der Waals surface area contributed by atoms with Crippen LogP contribution in [0.3, 0.4) is 0 Å². The molecule has 2 atom stereocenters. The maximum atomic E-state index is 12.1. The maximum absolute atomic E-state index is 12.1. The number of hydrogen-bond donors (Lipinski definition) is 1. The minimum atomic E-state index is -0.0739. The van der Waals surface area contributed by atoms with Crippen LogP contribution in [-0.4, -0.2) is 22.8 Å². The highest BCUT2D eigenvalue weighted by molar-refractivity contribution is 6.18. The van der Waals surface area contributed by atoms with E-state index in [9.17, 15) is 4.79 Å².